The zero-order chi connectivity index (χ0) is 21.9. The second-order valence-electron chi connectivity index (χ2n) is 7.45. The maximum Gasteiger partial charge on any atom is 0.242 e. The van der Waals surface area contributed by atoms with Gasteiger partial charge in [0.05, 0.1) is 5.75 Å². The first kappa shape index (κ1) is 24.3. The number of hydrogen-bond donors (Lipinski definition) is 1. The molecule has 0 unspecified atom stereocenters. The molecule has 2 amide bonds. The standard InChI is InChI=1S/C24H31ClN2O2S/c1-4-5-14-26-24(29)19(3)27(15-20-8-6-18(2)7-9-20)23(28)17-30-16-21-10-12-22(25)13-11-21/h6-13,19H,4-5,14-17H2,1-3H3,(H,26,29)/t19-/m0/s1. The number of amides is 2. The summed E-state index contributed by atoms with van der Waals surface area (Å²) >= 11 is 7.48. The van der Waals surface area contributed by atoms with Crippen molar-refractivity contribution in [2.75, 3.05) is 12.3 Å². The Kier molecular flexibility index (Phi) is 10.2. The topological polar surface area (TPSA) is 49.4 Å². The lowest BCUT2D eigenvalue weighted by Gasteiger charge is -2.29. The van der Waals surface area contributed by atoms with Crippen LogP contribution in [0.3, 0.4) is 0 Å². The molecule has 30 heavy (non-hydrogen) atoms. The van der Waals surface area contributed by atoms with Crippen molar-refractivity contribution in [3.05, 3.63) is 70.2 Å². The predicted molar refractivity (Wildman–Crippen MR) is 127 cm³/mol. The number of halogens is 1. The number of hydrogen-bond acceptors (Lipinski definition) is 3. The first-order chi connectivity index (χ1) is 14.4. The van der Waals surface area contributed by atoms with Gasteiger partial charge in [0.15, 0.2) is 0 Å². The number of benzene rings is 2. The third-order valence-electron chi connectivity index (χ3n) is 4.88. The van der Waals surface area contributed by atoms with Crippen molar-refractivity contribution >= 4 is 35.2 Å². The summed E-state index contributed by atoms with van der Waals surface area (Å²) in [6, 6.07) is 15.2. The molecule has 0 heterocycles. The van der Waals surface area contributed by atoms with Crippen molar-refractivity contribution in [1.82, 2.24) is 10.2 Å². The summed E-state index contributed by atoms with van der Waals surface area (Å²) < 4.78 is 0. The van der Waals surface area contributed by atoms with E-state index in [0.29, 0.717) is 23.9 Å². The number of thioether (sulfide) groups is 1. The molecule has 0 aliphatic carbocycles. The fourth-order valence-electron chi connectivity index (χ4n) is 2.93. The van der Waals surface area contributed by atoms with Gasteiger partial charge in [0.25, 0.3) is 0 Å². The Hall–Kier alpha value is -1.98. The van der Waals surface area contributed by atoms with Gasteiger partial charge in [-0.05, 0) is 43.5 Å². The molecule has 1 atom stereocenters. The number of carbonyl (C=O) groups is 2. The summed E-state index contributed by atoms with van der Waals surface area (Å²) in [4.78, 5) is 27.3. The van der Waals surface area contributed by atoms with Crippen LogP contribution in [-0.2, 0) is 21.9 Å². The van der Waals surface area contributed by atoms with Crippen LogP contribution < -0.4 is 5.32 Å². The molecular formula is C24H31ClN2O2S. The lowest BCUT2D eigenvalue weighted by atomic mass is 10.1. The van der Waals surface area contributed by atoms with Crippen LogP contribution in [0.2, 0.25) is 5.02 Å². The van der Waals surface area contributed by atoms with Crippen molar-refractivity contribution < 1.29 is 9.59 Å². The molecule has 0 spiro atoms. The summed E-state index contributed by atoms with van der Waals surface area (Å²) in [5.74, 6) is 0.902. The van der Waals surface area contributed by atoms with Crippen molar-refractivity contribution in [3.8, 4) is 0 Å². The Morgan fingerprint density at radius 1 is 1.07 bits per heavy atom. The highest BCUT2D eigenvalue weighted by molar-refractivity contribution is 7.99. The minimum absolute atomic E-state index is 0.0346. The van der Waals surface area contributed by atoms with E-state index in [2.05, 4.69) is 12.2 Å². The van der Waals surface area contributed by atoms with Crippen LogP contribution in [0.5, 0.6) is 0 Å². The van der Waals surface area contributed by atoms with E-state index in [-0.39, 0.29) is 11.8 Å². The van der Waals surface area contributed by atoms with E-state index in [0.717, 1.165) is 29.7 Å². The monoisotopic (exact) mass is 446 g/mol. The van der Waals surface area contributed by atoms with Gasteiger partial charge >= 0.3 is 0 Å². The maximum atomic E-state index is 13.0. The molecule has 0 saturated carbocycles. The number of aryl methyl sites for hydroxylation is 1. The van der Waals surface area contributed by atoms with E-state index in [1.165, 1.54) is 5.56 Å². The van der Waals surface area contributed by atoms with Crippen LogP contribution in [0.4, 0.5) is 0 Å². The van der Waals surface area contributed by atoms with Gasteiger partial charge < -0.3 is 10.2 Å². The summed E-state index contributed by atoms with van der Waals surface area (Å²) in [5, 5.41) is 3.65. The Bertz CT molecular complexity index is 809. The van der Waals surface area contributed by atoms with Crippen LogP contribution >= 0.6 is 23.4 Å². The fraction of sp³-hybridized carbons (Fsp3) is 0.417. The molecule has 0 radical (unpaired) electrons. The molecule has 2 aromatic rings. The highest BCUT2D eigenvalue weighted by Crippen LogP contribution is 2.18. The highest BCUT2D eigenvalue weighted by atomic mass is 35.5. The van der Waals surface area contributed by atoms with Crippen LogP contribution in [0, 0.1) is 6.92 Å². The molecule has 1 N–H and O–H groups in total. The van der Waals surface area contributed by atoms with Crippen molar-refractivity contribution in [1.29, 1.82) is 0 Å². The van der Waals surface area contributed by atoms with Crippen molar-refractivity contribution in [2.45, 2.75) is 52.0 Å². The largest absolute Gasteiger partial charge is 0.354 e. The Labute approximate surface area is 189 Å². The van der Waals surface area contributed by atoms with Gasteiger partial charge in [-0.3, -0.25) is 9.59 Å². The molecule has 0 aromatic heterocycles. The van der Waals surface area contributed by atoms with Gasteiger partial charge in [0.1, 0.15) is 6.04 Å². The molecule has 0 bridgehead atoms. The van der Waals surface area contributed by atoms with E-state index in [9.17, 15) is 9.59 Å². The Morgan fingerprint density at radius 2 is 1.70 bits per heavy atom. The number of carbonyl (C=O) groups excluding carboxylic acids is 2. The number of rotatable bonds is 11. The van der Waals surface area contributed by atoms with E-state index in [4.69, 9.17) is 11.6 Å². The lowest BCUT2D eigenvalue weighted by molar-refractivity contribution is -0.138. The average Bonchev–Trinajstić information content (AvgIpc) is 2.74. The average molecular weight is 447 g/mol. The molecule has 162 valence electrons. The maximum absolute atomic E-state index is 13.0. The number of nitrogens with zero attached hydrogens (tertiary/aromatic N) is 1. The first-order valence-corrected chi connectivity index (χ1v) is 11.9. The van der Waals surface area contributed by atoms with Crippen LogP contribution in [-0.4, -0.2) is 35.1 Å². The van der Waals surface area contributed by atoms with Gasteiger partial charge in [0, 0.05) is 23.9 Å². The molecule has 6 heteroatoms. The Morgan fingerprint density at radius 3 is 2.33 bits per heavy atom. The molecule has 4 nitrogen and oxygen atoms in total. The smallest absolute Gasteiger partial charge is 0.242 e. The molecule has 0 aliphatic heterocycles. The van der Waals surface area contributed by atoms with Crippen molar-refractivity contribution in [2.24, 2.45) is 0 Å². The van der Waals surface area contributed by atoms with Crippen molar-refractivity contribution in [3.63, 3.8) is 0 Å². The van der Waals surface area contributed by atoms with E-state index in [1.54, 1.807) is 23.6 Å². The minimum Gasteiger partial charge on any atom is -0.354 e. The lowest BCUT2D eigenvalue weighted by Crippen LogP contribution is -2.48. The fourth-order valence-corrected chi connectivity index (χ4v) is 3.93. The Balaban J connectivity index is 2.02. The summed E-state index contributed by atoms with van der Waals surface area (Å²) in [6.45, 7) is 6.97. The molecule has 2 aromatic carbocycles. The van der Waals surface area contributed by atoms with Crippen LogP contribution in [0.15, 0.2) is 48.5 Å². The molecule has 2 rings (SSSR count). The predicted octanol–water partition coefficient (Wildman–Crippen LogP) is 5.22. The van der Waals surface area contributed by atoms with Gasteiger partial charge in [-0.25, -0.2) is 0 Å². The minimum atomic E-state index is -0.521. The summed E-state index contributed by atoms with van der Waals surface area (Å²) in [6.07, 6.45) is 1.95. The van der Waals surface area contributed by atoms with Gasteiger partial charge in [-0.1, -0.05) is 66.9 Å². The van der Waals surface area contributed by atoms with E-state index < -0.39 is 6.04 Å². The molecule has 0 aliphatic rings. The second kappa shape index (κ2) is 12.7. The second-order valence-corrected chi connectivity index (χ2v) is 8.87. The summed E-state index contributed by atoms with van der Waals surface area (Å²) in [7, 11) is 0. The highest BCUT2D eigenvalue weighted by Gasteiger charge is 2.25. The number of nitrogens with one attached hydrogen (secondary N) is 1. The first-order valence-electron chi connectivity index (χ1n) is 10.4. The van der Waals surface area contributed by atoms with Gasteiger partial charge in [-0.2, -0.15) is 0 Å². The van der Waals surface area contributed by atoms with Gasteiger partial charge in [0.2, 0.25) is 11.8 Å². The zero-order valence-electron chi connectivity index (χ0n) is 18.0. The summed E-state index contributed by atoms with van der Waals surface area (Å²) in [5.41, 5.74) is 3.30. The van der Waals surface area contributed by atoms with Gasteiger partial charge in [-0.15, -0.1) is 11.8 Å². The molecular weight excluding hydrogens is 416 g/mol. The number of unbranched alkanes of at least 4 members (excludes halogenated alkanes) is 1. The zero-order valence-corrected chi connectivity index (χ0v) is 19.6. The van der Waals surface area contributed by atoms with E-state index >= 15 is 0 Å². The SMILES string of the molecule is CCCCNC(=O)[C@H](C)N(Cc1ccc(C)cc1)C(=O)CSCc1ccc(Cl)cc1. The third kappa shape index (κ3) is 8.04. The normalized spacial score (nSPS) is 11.7. The van der Waals surface area contributed by atoms with E-state index in [1.807, 2.05) is 55.5 Å². The van der Waals surface area contributed by atoms with Crippen LogP contribution in [0.25, 0.3) is 0 Å². The third-order valence-corrected chi connectivity index (χ3v) is 6.12. The molecule has 0 saturated heterocycles. The van der Waals surface area contributed by atoms with Crippen LogP contribution in [0.1, 0.15) is 43.4 Å². The quantitative estimate of drug-likeness (QED) is 0.481. The molecule has 0 fully saturated rings.